The number of thioether (sulfide) groups is 1. The van der Waals surface area contributed by atoms with Gasteiger partial charge in [0.15, 0.2) is 0 Å². The molecule has 1 saturated carbocycles. The van der Waals surface area contributed by atoms with Crippen LogP contribution in [0.25, 0.3) is 0 Å². The molecule has 2 unspecified atom stereocenters. The van der Waals surface area contributed by atoms with Crippen LogP contribution in [0.15, 0.2) is 0 Å². The summed E-state index contributed by atoms with van der Waals surface area (Å²) in [5.74, 6) is 0.745. The van der Waals surface area contributed by atoms with Crippen LogP contribution in [-0.4, -0.2) is 40.7 Å². The van der Waals surface area contributed by atoms with Crippen LogP contribution in [0.4, 0.5) is 0 Å². The molecule has 4 nitrogen and oxygen atoms in total. The second-order valence-electron chi connectivity index (χ2n) is 4.64. The van der Waals surface area contributed by atoms with E-state index in [1.54, 1.807) is 0 Å². The molecule has 0 radical (unpaired) electrons. The van der Waals surface area contributed by atoms with Crippen LogP contribution in [-0.2, 0) is 4.79 Å². The van der Waals surface area contributed by atoms with Crippen LogP contribution in [0.2, 0.25) is 0 Å². The van der Waals surface area contributed by atoms with Crippen molar-refractivity contribution in [1.29, 1.82) is 0 Å². The minimum absolute atomic E-state index is 0.216. The molecule has 0 aromatic rings. The first-order valence-corrected chi connectivity index (χ1v) is 7.47. The molecule has 1 fully saturated rings. The van der Waals surface area contributed by atoms with E-state index in [4.69, 9.17) is 10.8 Å². The number of likely N-dealkylation sites (N-methyl/N-ethyl adjacent to an activating group) is 1. The van der Waals surface area contributed by atoms with Crippen molar-refractivity contribution in [2.45, 2.75) is 49.8 Å². The molecule has 0 aromatic heterocycles. The van der Waals surface area contributed by atoms with Gasteiger partial charge in [0.05, 0.1) is 5.54 Å². The normalized spacial score (nSPS) is 29.2. The molecule has 5 heteroatoms. The van der Waals surface area contributed by atoms with Crippen molar-refractivity contribution in [3.8, 4) is 0 Å². The Labute approximate surface area is 108 Å². The predicted octanol–water partition coefficient (Wildman–Crippen LogP) is 0.878. The number of amides is 1. The Kier molecular flexibility index (Phi) is 6.30. The fraction of sp³-hybridized carbons (Fsp3) is 0.917. The lowest BCUT2D eigenvalue weighted by Crippen LogP contribution is -2.58. The van der Waals surface area contributed by atoms with Gasteiger partial charge in [0.2, 0.25) is 5.91 Å². The average molecular weight is 260 g/mol. The molecule has 4 N–H and O–H groups in total. The Morgan fingerprint density at radius 1 is 1.65 bits per heavy atom. The maximum Gasteiger partial charge on any atom is 0.237 e. The van der Waals surface area contributed by atoms with Crippen molar-refractivity contribution in [3.63, 3.8) is 0 Å². The van der Waals surface area contributed by atoms with E-state index in [0.717, 1.165) is 44.4 Å². The summed E-state index contributed by atoms with van der Waals surface area (Å²) in [7, 11) is 0. The Morgan fingerprint density at radius 2 is 2.41 bits per heavy atom. The Balaban J connectivity index is 2.52. The van der Waals surface area contributed by atoms with Crippen molar-refractivity contribution in [1.82, 2.24) is 5.32 Å². The highest BCUT2D eigenvalue weighted by Gasteiger charge is 2.40. The second-order valence-corrected chi connectivity index (χ2v) is 6.05. The lowest BCUT2D eigenvalue weighted by Gasteiger charge is -2.39. The molecular formula is C12H24N2O2S. The number of aliphatic hydroxyl groups is 1. The lowest BCUT2D eigenvalue weighted by atomic mass is 9.80. The molecule has 0 heterocycles. The number of hydrogen-bond acceptors (Lipinski definition) is 4. The van der Waals surface area contributed by atoms with Crippen molar-refractivity contribution < 1.29 is 9.90 Å². The van der Waals surface area contributed by atoms with Gasteiger partial charge in [-0.1, -0.05) is 6.92 Å². The van der Waals surface area contributed by atoms with E-state index in [1.165, 1.54) is 0 Å². The van der Waals surface area contributed by atoms with E-state index in [1.807, 2.05) is 18.7 Å². The van der Waals surface area contributed by atoms with Gasteiger partial charge < -0.3 is 16.2 Å². The summed E-state index contributed by atoms with van der Waals surface area (Å²) >= 11 is 1.86. The Hall–Kier alpha value is -0.260. The topological polar surface area (TPSA) is 75.3 Å². The Morgan fingerprint density at radius 3 is 3.00 bits per heavy atom. The summed E-state index contributed by atoms with van der Waals surface area (Å²) in [6, 6.07) is 0. The van der Waals surface area contributed by atoms with Gasteiger partial charge in [-0.25, -0.2) is 0 Å². The average Bonchev–Trinajstić information content (AvgIpc) is 2.30. The minimum atomic E-state index is -0.496. The molecule has 0 spiro atoms. The highest BCUT2D eigenvalue weighted by atomic mass is 32.2. The minimum Gasteiger partial charge on any atom is -0.396 e. The van der Waals surface area contributed by atoms with Crippen molar-refractivity contribution in [2.24, 2.45) is 5.73 Å². The van der Waals surface area contributed by atoms with Gasteiger partial charge in [-0.2, -0.15) is 11.8 Å². The van der Waals surface area contributed by atoms with Crippen molar-refractivity contribution in [3.05, 3.63) is 0 Å². The number of rotatable bonds is 7. The van der Waals surface area contributed by atoms with Crippen LogP contribution in [0.3, 0.4) is 0 Å². The number of aliphatic hydroxyl groups excluding tert-OH is 1. The molecule has 0 aromatic carbocycles. The highest BCUT2D eigenvalue weighted by molar-refractivity contribution is 7.99. The van der Waals surface area contributed by atoms with Crippen LogP contribution >= 0.6 is 11.8 Å². The highest BCUT2D eigenvalue weighted by Crippen LogP contribution is 2.35. The molecule has 100 valence electrons. The quantitative estimate of drug-likeness (QED) is 0.594. The largest absolute Gasteiger partial charge is 0.396 e. The molecular weight excluding hydrogens is 236 g/mol. The van der Waals surface area contributed by atoms with Crippen molar-refractivity contribution >= 4 is 17.7 Å². The molecule has 1 aliphatic carbocycles. The zero-order valence-electron chi connectivity index (χ0n) is 10.6. The Bertz CT molecular complexity index is 247. The van der Waals surface area contributed by atoms with E-state index in [2.05, 4.69) is 5.32 Å². The van der Waals surface area contributed by atoms with Gasteiger partial charge in [-0.15, -0.1) is 0 Å². The first kappa shape index (κ1) is 14.8. The summed E-state index contributed by atoms with van der Waals surface area (Å²) in [6.45, 7) is 3.03. The third kappa shape index (κ3) is 4.16. The standard InChI is InChI=1S/C12H24N2O2S/c1-2-14-12(11(13)16)6-3-5-10(9-12)17-8-4-7-15/h10,14-15H,2-9H2,1H3,(H2,13,16). The monoisotopic (exact) mass is 260 g/mol. The van der Waals surface area contributed by atoms with Gasteiger partial charge in [-0.05, 0) is 44.4 Å². The maximum atomic E-state index is 11.7. The first-order chi connectivity index (χ1) is 8.14. The zero-order valence-corrected chi connectivity index (χ0v) is 11.4. The molecule has 1 rings (SSSR count). The SMILES string of the molecule is CCNC1(C(N)=O)CCCC(SCCCO)C1. The summed E-state index contributed by atoms with van der Waals surface area (Å²) < 4.78 is 0. The molecule has 0 saturated heterocycles. The number of primary amides is 1. The van der Waals surface area contributed by atoms with Gasteiger partial charge in [0, 0.05) is 11.9 Å². The summed E-state index contributed by atoms with van der Waals surface area (Å²) in [6.07, 6.45) is 4.70. The van der Waals surface area contributed by atoms with Crippen LogP contribution in [0.5, 0.6) is 0 Å². The summed E-state index contributed by atoms with van der Waals surface area (Å²) in [5, 5.41) is 12.5. The number of nitrogens with two attached hydrogens (primary N) is 1. The van der Waals surface area contributed by atoms with E-state index >= 15 is 0 Å². The zero-order chi connectivity index (χ0) is 12.7. The fourth-order valence-corrected chi connectivity index (χ4v) is 3.86. The molecule has 1 aliphatic rings. The number of carbonyl (C=O) groups excluding carboxylic acids is 1. The maximum absolute atomic E-state index is 11.7. The van der Waals surface area contributed by atoms with Gasteiger partial charge >= 0.3 is 0 Å². The van der Waals surface area contributed by atoms with E-state index in [0.29, 0.717) is 5.25 Å². The van der Waals surface area contributed by atoms with Crippen LogP contribution in [0.1, 0.15) is 39.0 Å². The third-order valence-electron chi connectivity index (χ3n) is 3.35. The lowest BCUT2D eigenvalue weighted by molar-refractivity contribution is -0.125. The van der Waals surface area contributed by atoms with Crippen molar-refractivity contribution in [2.75, 3.05) is 18.9 Å². The first-order valence-electron chi connectivity index (χ1n) is 6.42. The predicted molar refractivity (Wildman–Crippen MR) is 72.0 cm³/mol. The van der Waals surface area contributed by atoms with Crippen LogP contribution in [0, 0.1) is 0 Å². The van der Waals surface area contributed by atoms with E-state index in [9.17, 15) is 4.79 Å². The van der Waals surface area contributed by atoms with E-state index in [-0.39, 0.29) is 12.5 Å². The summed E-state index contributed by atoms with van der Waals surface area (Å²) in [5.41, 5.74) is 5.06. The van der Waals surface area contributed by atoms with Gasteiger partial charge in [-0.3, -0.25) is 4.79 Å². The molecule has 17 heavy (non-hydrogen) atoms. The fourth-order valence-electron chi connectivity index (χ4n) is 2.49. The number of carbonyl (C=O) groups is 1. The van der Waals surface area contributed by atoms with Crippen LogP contribution < -0.4 is 11.1 Å². The summed E-state index contributed by atoms with van der Waals surface area (Å²) in [4.78, 5) is 11.7. The number of nitrogens with one attached hydrogen (secondary N) is 1. The van der Waals surface area contributed by atoms with Gasteiger partial charge in [0.1, 0.15) is 0 Å². The van der Waals surface area contributed by atoms with Gasteiger partial charge in [0.25, 0.3) is 0 Å². The van der Waals surface area contributed by atoms with E-state index < -0.39 is 5.54 Å². The smallest absolute Gasteiger partial charge is 0.237 e. The molecule has 2 atom stereocenters. The number of hydrogen-bond donors (Lipinski definition) is 3. The third-order valence-corrected chi connectivity index (χ3v) is 4.75. The molecule has 0 bridgehead atoms. The molecule has 0 aliphatic heterocycles. The second kappa shape index (κ2) is 7.24. The molecule has 1 amide bonds.